The molecule has 0 spiro atoms. The molecule has 0 aromatic carbocycles. The summed E-state index contributed by atoms with van der Waals surface area (Å²) in [5.74, 6) is 1.96. The summed E-state index contributed by atoms with van der Waals surface area (Å²) in [5, 5.41) is -0.866. The molecule has 1 atom stereocenters. The van der Waals surface area contributed by atoms with E-state index in [1.807, 2.05) is 5.92 Å². The molecule has 39 valence electrons. The molecule has 3 heteroatoms. The molecule has 0 aromatic rings. The van der Waals surface area contributed by atoms with Gasteiger partial charge < -0.3 is 0 Å². The lowest BCUT2D eigenvalue weighted by molar-refractivity contribution is 0.613. The Morgan fingerprint density at radius 3 is 2.14 bits per heavy atom. The van der Waals surface area contributed by atoms with Crippen molar-refractivity contribution in [2.45, 2.75) is 5.25 Å². The first-order valence-electron chi connectivity index (χ1n) is 1.61. The van der Waals surface area contributed by atoms with Gasteiger partial charge in [0.25, 0.3) is 0 Å². The predicted molar refractivity (Wildman–Crippen MR) is 28.3 cm³/mol. The van der Waals surface area contributed by atoms with Crippen LogP contribution < -0.4 is 0 Å². The van der Waals surface area contributed by atoms with Crippen molar-refractivity contribution < 1.29 is 8.42 Å². The van der Waals surface area contributed by atoms with Gasteiger partial charge in [-0.05, 0) is 6.92 Å². The zero-order chi connectivity index (χ0) is 5.86. The van der Waals surface area contributed by atoms with E-state index in [2.05, 4.69) is 13.3 Å². The third kappa shape index (κ3) is 2.24. The molecule has 1 radical (unpaired) electrons. The Kier molecular flexibility index (Phi) is 2.46. The number of thiol groups is 1. The minimum atomic E-state index is -2.51. The van der Waals surface area contributed by atoms with Gasteiger partial charge >= 0.3 is 0 Å². The van der Waals surface area contributed by atoms with E-state index in [-0.39, 0.29) is 0 Å². The van der Waals surface area contributed by atoms with Crippen LogP contribution in [0.1, 0.15) is 0 Å². The molecule has 2 nitrogen and oxygen atoms in total. The van der Waals surface area contributed by atoms with Crippen LogP contribution in [-0.2, 0) is 10.7 Å². The fourth-order valence-corrected chi connectivity index (χ4v) is 0.183. The fourth-order valence-electron chi connectivity index (χ4n) is 0.0609. The van der Waals surface area contributed by atoms with Crippen LogP contribution in [0.15, 0.2) is 0 Å². The maximum absolute atomic E-state index is 9.76. The molecule has 0 bridgehead atoms. The predicted octanol–water partition coefficient (Wildman–Crippen LogP) is -0.566. The molecule has 7 heavy (non-hydrogen) atoms. The normalized spacial score (nSPS) is 13.3. The van der Waals surface area contributed by atoms with Crippen molar-refractivity contribution in [2.75, 3.05) is 0 Å². The first kappa shape index (κ1) is 6.51. The molecule has 0 aromatic heterocycles. The van der Waals surface area contributed by atoms with Crippen molar-refractivity contribution >= 4 is 10.7 Å². The maximum Gasteiger partial charge on any atom is 0.154 e. The highest BCUT2D eigenvalue weighted by molar-refractivity contribution is 7.73. The van der Waals surface area contributed by atoms with Gasteiger partial charge in [0, 0.05) is 0 Å². The van der Waals surface area contributed by atoms with Crippen molar-refractivity contribution in [2.24, 2.45) is 0 Å². The van der Waals surface area contributed by atoms with E-state index < -0.39 is 16.0 Å². The molecule has 1 unspecified atom stereocenters. The van der Waals surface area contributed by atoms with Crippen LogP contribution in [0.25, 0.3) is 0 Å². The Hall–Kier alpha value is -0.490. The summed E-state index contributed by atoms with van der Waals surface area (Å²) in [5.41, 5.74) is 0. The van der Waals surface area contributed by atoms with E-state index in [1.54, 1.807) is 0 Å². The number of rotatable bonds is 1. The van der Waals surface area contributed by atoms with E-state index in [0.717, 1.165) is 0 Å². The molecule has 0 amide bonds. The summed E-state index contributed by atoms with van der Waals surface area (Å²) in [7, 11) is -2.51. The van der Waals surface area contributed by atoms with E-state index in [9.17, 15) is 8.42 Å². The minimum absolute atomic E-state index is 0.866. The van der Waals surface area contributed by atoms with E-state index in [0.29, 0.717) is 0 Å². The molecule has 0 aliphatic rings. The summed E-state index contributed by atoms with van der Waals surface area (Å²) in [4.78, 5) is 0. The molecular weight excluding hydrogens is 112 g/mol. The van der Waals surface area contributed by atoms with Crippen LogP contribution in [0.5, 0.6) is 0 Å². The number of terminal acetylenes is 1. The smallest absolute Gasteiger partial charge is 0.154 e. The van der Waals surface area contributed by atoms with Gasteiger partial charge in [0.2, 0.25) is 0 Å². The van der Waals surface area contributed by atoms with Gasteiger partial charge in [-0.1, -0.05) is 5.92 Å². The highest BCUT2D eigenvalue weighted by atomic mass is 32.2. The van der Waals surface area contributed by atoms with E-state index >= 15 is 0 Å². The monoisotopic (exact) mass is 117 g/mol. The Morgan fingerprint density at radius 1 is 1.71 bits per heavy atom. The van der Waals surface area contributed by atoms with Crippen LogP contribution in [0.3, 0.4) is 0 Å². The SMILES string of the molecule is C#CC([CH2])[SH](=O)=O. The zero-order valence-electron chi connectivity index (χ0n) is 3.63. The Bertz CT molecular complexity index is 144. The second kappa shape index (κ2) is 2.64. The van der Waals surface area contributed by atoms with E-state index in [4.69, 9.17) is 0 Å². The Labute approximate surface area is 44.5 Å². The standard InChI is InChI=1S/C4H5O2S/c1-3-4(2)7(5)6/h1,4,7H,2H2. The van der Waals surface area contributed by atoms with Gasteiger partial charge in [-0.2, -0.15) is 0 Å². The number of hydrogen-bond acceptors (Lipinski definition) is 2. The fraction of sp³-hybridized carbons (Fsp3) is 0.250. The average molecular weight is 117 g/mol. The maximum atomic E-state index is 9.76. The largest absolute Gasteiger partial charge is 0.231 e. The first-order chi connectivity index (χ1) is 3.18. The molecule has 0 saturated carbocycles. The molecule has 0 N–H and O–H groups in total. The first-order valence-corrected chi connectivity index (χ1v) is 2.86. The summed E-state index contributed by atoms with van der Waals surface area (Å²) in [6, 6.07) is 0. The quantitative estimate of drug-likeness (QED) is 0.369. The van der Waals surface area contributed by atoms with Crippen molar-refractivity contribution in [3.8, 4) is 12.3 Å². The second-order valence-electron chi connectivity index (χ2n) is 0.968. The van der Waals surface area contributed by atoms with Crippen molar-refractivity contribution in [1.82, 2.24) is 0 Å². The molecule has 0 heterocycles. The molecule has 0 saturated heterocycles. The van der Waals surface area contributed by atoms with Gasteiger partial charge in [0.05, 0.1) is 0 Å². The summed E-state index contributed by atoms with van der Waals surface area (Å²) in [6.45, 7) is 3.12. The third-order valence-corrected chi connectivity index (χ3v) is 1.10. The van der Waals surface area contributed by atoms with Gasteiger partial charge in [-0.3, -0.25) is 0 Å². The topological polar surface area (TPSA) is 34.1 Å². The highest BCUT2D eigenvalue weighted by Crippen LogP contribution is 1.78. The van der Waals surface area contributed by atoms with Crippen LogP contribution in [0.4, 0.5) is 0 Å². The van der Waals surface area contributed by atoms with Gasteiger partial charge in [0.15, 0.2) is 10.7 Å². The van der Waals surface area contributed by atoms with E-state index in [1.165, 1.54) is 0 Å². The highest BCUT2D eigenvalue weighted by Gasteiger charge is 1.93. The molecule has 0 rings (SSSR count). The Morgan fingerprint density at radius 2 is 2.14 bits per heavy atom. The molecule has 0 fully saturated rings. The van der Waals surface area contributed by atoms with Crippen molar-refractivity contribution in [3.63, 3.8) is 0 Å². The Balaban J connectivity index is 3.89. The van der Waals surface area contributed by atoms with Crippen molar-refractivity contribution in [3.05, 3.63) is 6.92 Å². The minimum Gasteiger partial charge on any atom is -0.231 e. The lowest BCUT2D eigenvalue weighted by Gasteiger charge is -1.82. The second-order valence-corrected chi connectivity index (χ2v) is 2.16. The average Bonchev–Trinajstić information content (AvgIpc) is 1.65. The summed E-state index contributed by atoms with van der Waals surface area (Å²) < 4.78 is 19.5. The molecule has 0 aliphatic heterocycles. The lowest BCUT2D eigenvalue weighted by Crippen LogP contribution is -1.98. The zero-order valence-corrected chi connectivity index (χ0v) is 4.52. The van der Waals surface area contributed by atoms with Crippen LogP contribution in [0.2, 0.25) is 0 Å². The van der Waals surface area contributed by atoms with Crippen LogP contribution >= 0.6 is 0 Å². The van der Waals surface area contributed by atoms with Crippen molar-refractivity contribution in [1.29, 1.82) is 0 Å². The van der Waals surface area contributed by atoms with Gasteiger partial charge in [-0.25, -0.2) is 8.42 Å². The van der Waals surface area contributed by atoms with Gasteiger partial charge in [0.1, 0.15) is 5.25 Å². The molecule has 0 aliphatic carbocycles. The summed E-state index contributed by atoms with van der Waals surface area (Å²) >= 11 is 0. The molecular formula is C4H5O2S. The van der Waals surface area contributed by atoms with Crippen LogP contribution in [0, 0.1) is 19.3 Å². The van der Waals surface area contributed by atoms with Gasteiger partial charge in [-0.15, -0.1) is 6.42 Å². The lowest BCUT2D eigenvalue weighted by atomic mass is 10.5. The van der Waals surface area contributed by atoms with Crippen LogP contribution in [-0.4, -0.2) is 13.7 Å². The summed E-state index contributed by atoms with van der Waals surface area (Å²) in [6.07, 6.45) is 4.68. The number of hydrogen-bond donors (Lipinski definition) is 1. The third-order valence-electron chi connectivity index (χ3n) is 0.447.